The van der Waals surface area contributed by atoms with Crippen molar-refractivity contribution in [2.45, 2.75) is 53.5 Å². The number of nitrogens with one attached hydrogen (secondary N) is 1. The first-order valence-corrected chi connectivity index (χ1v) is 13.2. The molecule has 1 N–H and O–H groups in total. The fraction of sp³-hybridized carbons (Fsp3) is 0.714. The Balaban J connectivity index is 1.52. The number of hydrogen-bond acceptors (Lipinski definition) is 6. The van der Waals surface area contributed by atoms with Gasteiger partial charge in [0.15, 0.2) is 0 Å². The van der Waals surface area contributed by atoms with Gasteiger partial charge in [0.2, 0.25) is 10.0 Å². The number of fused-ring (bicyclic) bond motifs is 3. The van der Waals surface area contributed by atoms with Gasteiger partial charge in [-0.25, -0.2) is 13.4 Å². The van der Waals surface area contributed by atoms with E-state index in [-0.39, 0.29) is 16.7 Å². The molecule has 1 unspecified atom stereocenters. The van der Waals surface area contributed by atoms with Gasteiger partial charge >= 0.3 is 0 Å². The molecule has 166 valence electrons. The van der Waals surface area contributed by atoms with Gasteiger partial charge in [-0.3, -0.25) is 9.69 Å². The highest BCUT2D eigenvalue weighted by molar-refractivity contribution is 7.89. The molecule has 0 bridgehead atoms. The summed E-state index contributed by atoms with van der Waals surface area (Å²) >= 11 is 1.68. The Bertz CT molecular complexity index is 1090. The van der Waals surface area contributed by atoms with Crippen LogP contribution in [0.15, 0.2) is 4.79 Å². The molecule has 2 aromatic heterocycles. The van der Waals surface area contributed by atoms with Crippen molar-refractivity contribution in [3.63, 3.8) is 0 Å². The van der Waals surface area contributed by atoms with E-state index in [2.05, 4.69) is 30.7 Å². The van der Waals surface area contributed by atoms with Gasteiger partial charge in [0.05, 0.1) is 17.7 Å². The van der Waals surface area contributed by atoms with Crippen molar-refractivity contribution < 1.29 is 8.42 Å². The smallest absolute Gasteiger partial charge is 0.259 e. The number of sulfonamides is 1. The summed E-state index contributed by atoms with van der Waals surface area (Å²) in [4.78, 5) is 25.0. The zero-order chi connectivity index (χ0) is 21.7. The van der Waals surface area contributed by atoms with Gasteiger partial charge in [-0.1, -0.05) is 20.8 Å². The summed E-state index contributed by atoms with van der Waals surface area (Å²) in [5, 5.41) is 0.782. The maximum absolute atomic E-state index is 12.9. The fourth-order valence-electron chi connectivity index (χ4n) is 4.60. The topological polar surface area (TPSA) is 86.4 Å². The lowest BCUT2D eigenvalue weighted by atomic mass is 9.72. The SMILES string of the molecule is CCS(=O)(=O)N1CCN(Cc2nc3sc4c(c3c(=O)[nH]2)CCC(C(C)(C)C)C4)CC1. The van der Waals surface area contributed by atoms with E-state index in [9.17, 15) is 13.2 Å². The number of nitrogens with zero attached hydrogens (tertiary/aromatic N) is 3. The molecule has 1 fully saturated rings. The van der Waals surface area contributed by atoms with E-state index in [1.54, 1.807) is 22.6 Å². The number of aromatic amines is 1. The van der Waals surface area contributed by atoms with Crippen LogP contribution in [0.1, 0.15) is 50.4 Å². The third-order valence-corrected chi connectivity index (χ3v) is 9.69. The monoisotopic (exact) mass is 452 g/mol. The largest absolute Gasteiger partial charge is 0.309 e. The molecule has 0 radical (unpaired) electrons. The molecule has 1 atom stereocenters. The highest BCUT2D eigenvalue weighted by Gasteiger charge is 2.32. The lowest BCUT2D eigenvalue weighted by Crippen LogP contribution is -2.48. The Hall–Kier alpha value is -1.29. The summed E-state index contributed by atoms with van der Waals surface area (Å²) in [6.45, 7) is 11.4. The van der Waals surface area contributed by atoms with E-state index in [1.807, 2.05) is 0 Å². The van der Waals surface area contributed by atoms with Crippen molar-refractivity contribution >= 4 is 31.6 Å². The van der Waals surface area contributed by atoms with E-state index in [0.717, 1.165) is 29.5 Å². The van der Waals surface area contributed by atoms with Crippen LogP contribution < -0.4 is 5.56 Å². The molecule has 3 heterocycles. The van der Waals surface area contributed by atoms with Gasteiger partial charge in [-0.15, -0.1) is 11.3 Å². The normalized spacial score (nSPS) is 21.8. The van der Waals surface area contributed by atoms with E-state index in [0.29, 0.717) is 44.5 Å². The minimum atomic E-state index is -3.14. The molecule has 2 aromatic rings. The second-order valence-electron chi connectivity index (χ2n) is 9.58. The van der Waals surface area contributed by atoms with Gasteiger partial charge in [0, 0.05) is 31.1 Å². The Kier molecular flexibility index (Phi) is 5.85. The highest BCUT2D eigenvalue weighted by atomic mass is 32.2. The van der Waals surface area contributed by atoms with Crippen LogP contribution in [0, 0.1) is 11.3 Å². The van der Waals surface area contributed by atoms with Crippen LogP contribution in [0.4, 0.5) is 0 Å². The summed E-state index contributed by atoms with van der Waals surface area (Å²) in [6.07, 6.45) is 3.10. The third-order valence-electron chi connectivity index (χ3n) is 6.66. The Morgan fingerprint density at radius 1 is 1.20 bits per heavy atom. The van der Waals surface area contributed by atoms with E-state index in [4.69, 9.17) is 4.98 Å². The summed E-state index contributed by atoms with van der Waals surface area (Å²) in [6, 6.07) is 0. The third kappa shape index (κ3) is 4.22. The lowest BCUT2D eigenvalue weighted by Gasteiger charge is -2.33. The zero-order valence-electron chi connectivity index (χ0n) is 18.3. The highest BCUT2D eigenvalue weighted by Crippen LogP contribution is 2.41. The first-order chi connectivity index (χ1) is 14.1. The molecular formula is C21H32N4O3S2. The molecule has 2 aliphatic rings. The molecule has 1 aliphatic heterocycles. The number of H-pyrrole nitrogens is 1. The standard InChI is InChI=1S/C21H32N4O3S2/c1-5-30(27,28)25-10-8-24(9-11-25)13-17-22-19(26)18-15-7-6-14(21(2,3)4)12-16(15)29-20(18)23-17/h14H,5-13H2,1-4H3,(H,22,23,26). The van der Waals surface area contributed by atoms with Crippen LogP contribution in [0.2, 0.25) is 0 Å². The molecule has 0 amide bonds. The number of piperazine rings is 1. The number of hydrogen-bond donors (Lipinski definition) is 1. The predicted octanol–water partition coefficient (Wildman–Crippen LogP) is 2.60. The lowest BCUT2D eigenvalue weighted by molar-refractivity contribution is 0.178. The van der Waals surface area contributed by atoms with Crippen LogP contribution in [0.25, 0.3) is 10.2 Å². The average Bonchev–Trinajstić information content (AvgIpc) is 3.05. The molecular weight excluding hydrogens is 420 g/mol. The minimum Gasteiger partial charge on any atom is -0.309 e. The van der Waals surface area contributed by atoms with Crippen LogP contribution >= 0.6 is 11.3 Å². The maximum Gasteiger partial charge on any atom is 0.259 e. The van der Waals surface area contributed by atoms with Crippen LogP contribution in [0.5, 0.6) is 0 Å². The van der Waals surface area contributed by atoms with Crippen molar-refractivity contribution in [1.29, 1.82) is 0 Å². The minimum absolute atomic E-state index is 0.0334. The number of aryl methyl sites for hydroxylation is 1. The molecule has 30 heavy (non-hydrogen) atoms. The molecule has 4 rings (SSSR count). The van der Waals surface area contributed by atoms with Crippen molar-refractivity contribution in [2.75, 3.05) is 31.9 Å². The van der Waals surface area contributed by atoms with Gasteiger partial charge in [0.1, 0.15) is 10.7 Å². The van der Waals surface area contributed by atoms with Crippen LogP contribution in [0.3, 0.4) is 0 Å². The van der Waals surface area contributed by atoms with Gasteiger partial charge < -0.3 is 4.98 Å². The van der Waals surface area contributed by atoms with Gasteiger partial charge in [-0.2, -0.15) is 4.31 Å². The first kappa shape index (κ1) is 21.9. The average molecular weight is 453 g/mol. The van der Waals surface area contributed by atoms with Crippen LogP contribution in [-0.2, 0) is 29.4 Å². The maximum atomic E-state index is 12.9. The van der Waals surface area contributed by atoms with Gasteiger partial charge in [-0.05, 0) is 43.1 Å². The summed E-state index contributed by atoms with van der Waals surface area (Å²) in [5.74, 6) is 1.44. The van der Waals surface area contributed by atoms with Crippen molar-refractivity contribution in [3.8, 4) is 0 Å². The quantitative estimate of drug-likeness (QED) is 0.771. The van der Waals surface area contributed by atoms with E-state index in [1.165, 1.54) is 10.4 Å². The van der Waals surface area contributed by atoms with Crippen LogP contribution in [-0.4, -0.2) is 59.5 Å². The Morgan fingerprint density at radius 3 is 2.53 bits per heavy atom. The zero-order valence-corrected chi connectivity index (χ0v) is 20.0. The predicted molar refractivity (Wildman–Crippen MR) is 122 cm³/mol. The first-order valence-electron chi connectivity index (χ1n) is 10.8. The second-order valence-corrected chi connectivity index (χ2v) is 12.9. The van der Waals surface area contributed by atoms with E-state index < -0.39 is 10.0 Å². The summed E-state index contributed by atoms with van der Waals surface area (Å²) in [7, 11) is -3.14. The molecule has 7 nitrogen and oxygen atoms in total. The number of rotatable bonds is 4. The van der Waals surface area contributed by atoms with Gasteiger partial charge in [0.25, 0.3) is 5.56 Å². The van der Waals surface area contributed by atoms with E-state index >= 15 is 0 Å². The fourth-order valence-corrected chi connectivity index (χ4v) is 7.01. The Morgan fingerprint density at radius 2 is 1.90 bits per heavy atom. The summed E-state index contributed by atoms with van der Waals surface area (Å²) < 4.78 is 25.6. The second kappa shape index (κ2) is 8.00. The van der Waals surface area contributed by atoms with Crippen molar-refractivity contribution in [1.82, 2.24) is 19.2 Å². The van der Waals surface area contributed by atoms with Crippen molar-refractivity contribution in [3.05, 3.63) is 26.6 Å². The number of thiophene rings is 1. The molecule has 0 saturated carbocycles. The summed E-state index contributed by atoms with van der Waals surface area (Å²) in [5.41, 5.74) is 1.44. The molecule has 0 spiro atoms. The molecule has 0 aromatic carbocycles. The molecule has 1 aliphatic carbocycles. The molecule has 9 heteroatoms. The Labute approximate surface area is 182 Å². The van der Waals surface area contributed by atoms with Crippen molar-refractivity contribution in [2.24, 2.45) is 11.3 Å². The molecule has 1 saturated heterocycles. The number of aromatic nitrogens is 2.